The molecule has 0 amide bonds. The zero-order chi connectivity index (χ0) is 13.4. The second-order valence-corrected chi connectivity index (χ2v) is 5.47. The van der Waals surface area contributed by atoms with Crippen LogP contribution >= 0.6 is 0 Å². The first-order valence-electron chi connectivity index (χ1n) is 7.19. The van der Waals surface area contributed by atoms with E-state index in [4.69, 9.17) is 4.42 Å². The Balaban J connectivity index is 1.69. The predicted molar refractivity (Wildman–Crippen MR) is 81.5 cm³/mol. The fraction of sp³-hybridized carbons (Fsp3) is 0.222. The van der Waals surface area contributed by atoms with Gasteiger partial charge in [-0.05, 0) is 41.3 Å². The van der Waals surface area contributed by atoms with Crippen molar-refractivity contribution in [1.29, 1.82) is 0 Å². The van der Waals surface area contributed by atoms with Gasteiger partial charge in [0.1, 0.15) is 5.76 Å². The third kappa shape index (κ3) is 2.23. The van der Waals surface area contributed by atoms with Gasteiger partial charge in [-0.1, -0.05) is 36.4 Å². The minimum atomic E-state index is 0.699. The SMILES string of the molecule is c1ccc2cc(-c3ccoc3CNC3CC3)ccc2c1. The largest absolute Gasteiger partial charge is 0.467 e. The molecule has 2 aromatic carbocycles. The van der Waals surface area contributed by atoms with Crippen LogP contribution in [0.1, 0.15) is 18.6 Å². The Morgan fingerprint density at radius 2 is 1.85 bits per heavy atom. The Bertz CT molecular complexity index is 740. The summed E-state index contributed by atoms with van der Waals surface area (Å²) in [5.74, 6) is 1.03. The van der Waals surface area contributed by atoms with Gasteiger partial charge in [0.15, 0.2) is 0 Å². The molecule has 2 nitrogen and oxygen atoms in total. The highest BCUT2D eigenvalue weighted by Crippen LogP contribution is 2.29. The minimum absolute atomic E-state index is 0.699. The van der Waals surface area contributed by atoms with Crippen LogP contribution in [0.5, 0.6) is 0 Å². The fourth-order valence-corrected chi connectivity index (χ4v) is 2.62. The van der Waals surface area contributed by atoms with Crippen molar-refractivity contribution in [2.45, 2.75) is 25.4 Å². The molecule has 4 rings (SSSR count). The predicted octanol–water partition coefficient (Wildman–Crippen LogP) is 4.35. The van der Waals surface area contributed by atoms with Crippen molar-refractivity contribution in [1.82, 2.24) is 5.32 Å². The Morgan fingerprint density at radius 3 is 2.70 bits per heavy atom. The molecule has 1 fully saturated rings. The molecule has 1 N–H and O–H groups in total. The van der Waals surface area contributed by atoms with Crippen LogP contribution in [-0.4, -0.2) is 6.04 Å². The van der Waals surface area contributed by atoms with Gasteiger partial charge in [0.25, 0.3) is 0 Å². The van der Waals surface area contributed by atoms with E-state index >= 15 is 0 Å². The van der Waals surface area contributed by atoms with Gasteiger partial charge in [-0.3, -0.25) is 0 Å². The number of furan rings is 1. The first-order chi connectivity index (χ1) is 9.90. The van der Waals surface area contributed by atoms with Gasteiger partial charge in [0, 0.05) is 11.6 Å². The van der Waals surface area contributed by atoms with Crippen molar-refractivity contribution in [3.63, 3.8) is 0 Å². The van der Waals surface area contributed by atoms with E-state index in [1.165, 1.54) is 34.7 Å². The van der Waals surface area contributed by atoms with Crippen molar-refractivity contribution in [3.05, 3.63) is 60.6 Å². The van der Waals surface area contributed by atoms with Gasteiger partial charge in [0.05, 0.1) is 12.8 Å². The molecule has 0 radical (unpaired) electrons. The molecule has 100 valence electrons. The number of benzene rings is 2. The zero-order valence-corrected chi connectivity index (χ0v) is 11.3. The van der Waals surface area contributed by atoms with Crippen LogP contribution in [0.25, 0.3) is 21.9 Å². The molecule has 3 aromatic rings. The molecule has 0 bridgehead atoms. The first-order valence-corrected chi connectivity index (χ1v) is 7.19. The zero-order valence-electron chi connectivity index (χ0n) is 11.3. The molecule has 1 aliphatic carbocycles. The highest BCUT2D eigenvalue weighted by molar-refractivity contribution is 5.87. The van der Waals surface area contributed by atoms with Gasteiger partial charge in [-0.25, -0.2) is 0 Å². The summed E-state index contributed by atoms with van der Waals surface area (Å²) < 4.78 is 5.65. The Labute approximate surface area is 118 Å². The number of hydrogen-bond donors (Lipinski definition) is 1. The Kier molecular flexibility index (Phi) is 2.82. The summed E-state index contributed by atoms with van der Waals surface area (Å²) >= 11 is 0. The molecular weight excluding hydrogens is 246 g/mol. The normalized spacial score (nSPS) is 14.8. The lowest BCUT2D eigenvalue weighted by Crippen LogP contribution is -2.15. The molecule has 20 heavy (non-hydrogen) atoms. The van der Waals surface area contributed by atoms with Crippen molar-refractivity contribution in [2.75, 3.05) is 0 Å². The van der Waals surface area contributed by atoms with Crippen LogP contribution in [-0.2, 0) is 6.54 Å². The highest BCUT2D eigenvalue weighted by Gasteiger charge is 2.21. The van der Waals surface area contributed by atoms with Crippen molar-refractivity contribution in [2.24, 2.45) is 0 Å². The summed E-state index contributed by atoms with van der Waals surface area (Å²) in [6.07, 6.45) is 4.38. The Hall–Kier alpha value is -2.06. The summed E-state index contributed by atoms with van der Waals surface area (Å²) in [7, 11) is 0. The molecule has 1 saturated carbocycles. The van der Waals surface area contributed by atoms with Crippen LogP contribution in [0.4, 0.5) is 0 Å². The monoisotopic (exact) mass is 263 g/mol. The van der Waals surface area contributed by atoms with E-state index in [2.05, 4.69) is 53.8 Å². The van der Waals surface area contributed by atoms with E-state index in [0.717, 1.165) is 12.3 Å². The number of hydrogen-bond acceptors (Lipinski definition) is 2. The van der Waals surface area contributed by atoms with Gasteiger partial charge < -0.3 is 9.73 Å². The summed E-state index contributed by atoms with van der Waals surface area (Å²) in [5.41, 5.74) is 2.42. The van der Waals surface area contributed by atoms with Gasteiger partial charge in [0.2, 0.25) is 0 Å². The van der Waals surface area contributed by atoms with E-state index in [1.54, 1.807) is 6.26 Å². The summed E-state index contributed by atoms with van der Waals surface area (Å²) in [5, 5.41) is 6.06. The molecule has 0 saturated heterocycles. The second-order valence-electron chi connectivity index (χ2n) is 5.47. The van der Waals surface area contributed by atoms with Crippen LogP contribution in [0.15, 0.2) is 59.2 Å². The number of nitrogens with one attached hydrogen (secondary N) is 1. The molecule has 1 aliphatic rings. The first kappa shape index (κ1) is 11.7. The Morgan fingerprint density at radius 1 is 1.00 bits per heavy atom. The highest BCUT2D eigenvalue weighted by atomic mass is 16.3. The second kappa shape index (κ2) is 4.80. The summed E-state index contributed by atoms with van der Waals surface area (Å²) in [6.45, 7) is 0.819. The maximum absolute atomic E-state index is 5.65. The number of fused-ring (bicyclic) bond motifs is 1. The van der Waals surface area contributed by atoms with Gasteiger partial charge in [-0.2, -0.15) is 0 Å². The molecule has 0 spiro atoms. The van der Waals surface area contributed by atoms with Crippen molar-refractivity contribution in [3.8, 4) is 11.1 Å². The molecule has 0 atom stereocenters. The van der Waals surface area contributed by atoms with Gasteiger partial charge >= 0.3 is 0 Å². The standard InChI is InChI=1S/C18H17NO/c1-2-4-14-11-15(6-5-13(14)3-1)17-9-10-20-18(17)12-19-16-7-8-16/h1-6,9-11,16,19H,7-8,12H2. The topological polar surface area (TPSA) is 25.2 Å². The quantitative estimate of drug-likeness (QED) is 0.757. The summed E-state index contributed by atoms with van der Waals surface area (Å²) in [4.78, 5) is 0. The van der Waals surface area contributed by atoms with Crippen LogP contribution in [0.3, 0.4) is 0 Å². The third-order valence-corrected chi connectivity index (χ3v) is 3.93. The van der Waals surface area contributed by atoms with E-state index in [-0.39, 0.29) is 0 Å². The van der Waals surface area contributed by atoms with E-state index in [0.29, 0.717) is 6.04 Å². The third-order valence-electron chi connectivity index (χ3n) is 3.93. The van der Waals surface area contributed by atoms with Crippen molar-refractivity contribution < 1.29 is 4.42 Å². The fourth-order valence-electron chi connectivity index (χ4n) is 2.62. The van der Waals surface area contributed by atoms with Crippen LogP contribution < -0.4 is 5.32 Å². The molecule has 1 aromatic heterocycles. The molecule has 2 heteroatoms. The lowest BCUT2D eigenvalue weighted by atomic mass is 10.0. The van der Waals surface area contributed by atoms with E-state index in [1.807, 2.05) is 0 Å². The maximum Gasteiger partial charge on any atom is 0.125 e. The average Bonchev–Trinajstić information content (AvgIpc) is 3.21. The summed E-state index contributed by atoms with van der Waals surface area (Å²) in [6, 6.07) is 17.8. The molecular formula is C18H17NO. The van der Waals surface area contributed by atoms with E-state index in [9.17, 15) is 0 Å². The molecule has 1 heterocycles. The molecule has 0 unspecified atom stereocenters. The van der Waals surface area contributed by atoms with E-state index < -0.39 is 0 Å². The van der Waals surface area contributed by atoms with Crippen molar-refractivity contribution >= 4 is 10.8 Å². The number of rotatable bonds is 4. The van der Waals surface area contributed by atoms with Gasteiger partial charge in [-0.15, -0.1) is 0 Å². The smallest absolute Gasteiger partial charge is 0.125 e. The molecule has 0 aliphatic heterocycles. The average molecular weight is 263 g/mol. The maximum atomic E-state index is 5.65. The van der Waals surface area contributed by atoms with Crippen LogP contribution in [0.2, 0.25) is 0 Å². The lowest BCUT2D eigenvalue weighted by molar-refractivity contribution is 0.483. The van der Waals surface area contributed by atoms with Crippen LogP contribution in [0, 0.1) is 0 Å². The lowest BCUT2D eigenvalue weighted by Gasteiger charge is -2.06. The minimum Gasteiger partial charge on any atom is -0.467 e.